The number of carbonyl (C=O) groups is 3. The molecule has 2 aromatic rings. The van der Waals surface area contributed by atoms with Crippen molar-refractivity contribution in [1.29, 1.82) is 0 Å². The molecule has 0 spiro atoms. The number of hydrogen-bond acceptors (Lipinski definition) is 7. The molecule has 250 valence electrons. The van der Waals surface area contributed by atoms with Gasteiger partial charge in [-0.3, -0.25) is 9.59 Å². The Kier molecular flexibility index (Phi) is 11.9. The Hall–Kier alpha value is -3.18. The van der Waals surface area contributed by atoms with Gasteiger partial charge in [0.05, 0.1) is 29.1 Å². The van der Waals surface area contributed by atoms with Gasteiger partial charge in [-0.1, -0.05) is 26.0 Å². The average Bonchev–Trinajstić information content (AvgIpc) is 3.38. The van der Waals surface area contributed by atoms with E-state index in [1.807, 2.05) is 59.4 Å². The molecule has 3 heterocycles. The van der Waals surface area contributed by atoms with E-state index >= 15 is 0 Å². The molecule has 3 amide bonds. The van der Waals surface area contributed by atoms with Crippen molar-refractivity contribution in [2.24, 2.45) is 11.8 Å². The molecule has 0 aliphatic carbocycles. The van der Waals surface area contributed by atoms with Crippen LogP contribution in [0.1, 0.15) is 77.3 Å². The van der Waals surface area contributed by atoms with Crippen LogP contribution in [0, 0.1) is 11.8 Å². The first kappa shape index (κ1) is 34.7. The van der Waals surface area contributed by atoms with Gasteiger partial charge in [-0.25, -0.2) is 9.78 Å². The number of ether oxygens (including phenoxy) is 3. The lowest BCUT2D eigenvalue weighted by Gasteiger charge is -2.44. The van der Waals surface area contributed by atoms with Gasteiger partial charge in [0.2, 0.25) is 5.91 Å². The highest BCUT2D eigenvalue weighted by Crippen LogP contribution is 2.29. The van der Waals surface area contributed by atoms with Crippen molar-refractivity contribution >= 4 is 28.9 Å². The van der Waals surface area contributed by atoms with E-state index < -0.39 is 17.6 Å². The first-order valence-corrected chi connectivity index (χ1v) is 16.5. The van der Waals surface area contributed by atoms with Gasteiger partial charge in [-0.05, 0) is 70.9 Å². The van der Waals surface area contributed by atoms with Crippen molar-refractivity contribution in [3.63, 3.8) is 0 Å². The Morgan fingerprint density at radius 2 is 1.73 bits per heavy atom. The number of imidazole rings is 1. The lowest BCUT2D eigenvalue weighted by Crippen LogP contribution is -2.58. The van der Waals surface area contributed by atoms with Gasteiger partial charge in [0.15, 0.2) is 5.82 Å². The van der Waals surface area contributed by atoms with Crippen molar-refractivity contribution < 1.29 is 28.6 Å². The van der Waals surface area contributed by atoms with Crippen LogP contribution in [0.5, 0.6) is 0 Å². The third-order valence-electron chi connectivity index (χ3n) is 8.61. The van der Waals surface area contributed by atoms with Crippen LogP contribution in [0.3, 0.4) is 0 Å². The third-order valence-corrected chi connectivity index (χ3v) is 8.61. The second-order valence-electron chi connectivity index (χ2n) is 13.9. The fraction of sp³-hybridized carbons (Fsp3) is 0.706. The summed E-state index contributed by atoms with van der Waals surface area (Å²) in [6, 6.07) is 7.43. The standard InChI is InChI=1S/C34H53N5O6/c1-24(2)21-39(32(41)30-35-28-12-8-9-13-29(28)38(30)16-10-11-19-43-6)26-20-25(22-37(23-26)33(42)45-34(3,4)5)31(40)36-17-14-27(44-7)15-18-36/h8-9,12-13,24-27H,10-11,14-23H2,1-7H3. The SMILES string of the molecule is COCCCCn1c(C(=O)N(CC(C)C)C2CC(C(=O)N3CCC(OC)CC3)CN(C(=O)OC(C)(C)C)C2)nc2ccccc21. The number of carbonyl (C=O) groups excluding carboxylic acids is 3. The van der Waals surface area contributed by atoms with E-state index in [1.54, 1.807) is 19.1 Å². The Morgan fingerprint density at radius 3 is 2.38 bits per heavy atom. The molecule has 1 aromatic carbocycles. The zero-order valence-electron chi connectivity index (χ0n) is 28.3. The zero-order valence-corrected chi connectivity index (χ0v) is 28.3. The lowest BCUT2D eigenvalue weighted by molar-refractivity contribution is -0.140. The number of amides is 3. The Morgan fingerprint density at radius 1 is 1.02 bits per heavy atom. The van der Waals surface area contributed by atoms with Crippen LogP contribution in [0.25, 0.3) is 11.0 Å². The second kappa shape index (κ2) is 15.4. The smallest absolute Gasteiger partial charge is 0.410 e. The van der Waals surface area contributed by atoms with Gasteiger partial charge in [0.1, 0.15) is 5.60 Å². The van der Waals surface area contributed by atoms with E-state index in [0.717, 1.165) is 36.7 Å². The summed E-state index contributed by atoms with van der Waals surface area (Å²) in [5.74, 6) is -0.0774. The fourth-order valence-corrected chi connectivity index (χ4v) is 6.42. The number of hydrogen-bond donors (Lipinski definition) is 0. The van der Waals surface area contributed by atoms with Crippen LogP contribution in [-0.2, 0) is 25.5 Å². The summed E-state index contributed by atoms with van der Waals surface area (Å²) < 4.78 is 18.6. The predicted octanol–water partition coefficient (Wildman–Crippen LogP) is 4.82. The maximum Gasteiger partial charge on any atom is 0.410 e. The average molecular weight is 628 g/mol. The normalized spacial score (nSPS) is 19.7. The minimum absolute atomic E-state index is 0.0186. The van der Waals surface area contributed by atoms with Crippen molar-refractivity contribution in [2.75, 3.05) is 53.6 Å². The highest BCUT2D eigenvalue weighted by atomic mass is 16.6. The summed E-state index contributed by atoms with van der Waals surface area (Å²) >= 11 is 0. The topological polar surface area (TPSA) is 106 Å². The summed E-state index contributed by atoms with van der Waals surface area (Å²) in [4.78, 5) is 52.2. The Balaban J connectivity index is 1.66. The number of para-hydroxylation sites is 2. The number of aryl methyl sites for hydroxylation is 1. The molecule has 0 saturated carbocycles. The second-order valence-corrected chi connectivity index (χ2v) is 13.9. The molecule has 1 aromatic heterocycles. The highest BCUT2D eigenvalue weighted by molar-refractivity contribution is 5.95. The molecule has 11 heteroatoms. The van der Waals surface area contributed by atoms with E-state index in [2.05, 4.69) is 13.8 Å². The first-order valence-electron chi connectivity index (χ1n) is 16.5. The molecule has 2 aliphatic heterocycles. The number of rotatable bonds is 11. The molecule has 2 fully saturated rings. The number of unbranched alkanes of at least 4 members (excludes halogenated alkanes) is 1. The maximum absolute atomic E-state index is 14.6. The molecule has 45 heavy (non-hydrogen) atoms. The third kappa shape index (κ3) is 8.97. The van der Waals surface area contributed by atoms with Crippen LogP contribution >= 0.6 is 0 Å². The van der Waals surface area contributed by atoms with Crippen LogP contribution in [-0.4, -0.2) is 113 Å². The van der Waals surface area contributed by atoms with Crippen LogP contribution in [0.4, 0.5) is 4.79 Å². The number of piperidine rings is 2. The van der Waals surface area contributed by atoms with Gasteiger partial charge in [0.25, 0.3) is 5.91 Å². The lowest BCUT2D eigenvalue weighted by atomic mass is 9.90. The van der Waals surface area contributed by atoms with Crippen molar-refractivity contribution in [3.05, 3.63) is 30.1 Å². The molecule has 4 rings (SSSR count). The van der Waals surface area contributed by atoms with Crippen molar-refractivity contribution in [1.82, 2.24) is 24.3 Å². The molecule has 0 bridgehead atoms. The highest BCUT2D eigenvalue weighted by Gasteiger charge is 2.42. The van der Waals surface area contributed by atoms with E-state index in [4.69, 9.17) is 19.2 Å². The van der Waals surface area contributed by atoms with E-state index in [1.165, 1.54) is 0 Å². The Bertz CT molecular complexity index is 1300. The number of benzene rings is 1. The number of methoxy groups -OCH3 is 2. The minimum Gasteiger partial charge on any atom is -0.444 e. The molecular formula is C34H53N5O6. The first-order chi connectivity index (χ1) is 21.4. The number of aromatic nitrogens is 2. The molecule has 2 unspecified atom stereocenters. The van der Waals surface area contributed by atoms with Crippen molar-refractivity contribution in [2.45, 2.75) is 91.0 Å². The summed E-state index contributed by atoms with van der Waals surface area (Å²) in [5.41, 5.74) is 0.991. The monoisotopic (exact) mass is 627 g/mol. The molecular weight excluding hydrogens is 574 g/mol. The fourth-order valence-electron chi connectivity index (χ4n) is 6.42. The Labute approximate surface area is 268 Å². The number of nitrogens with zero attached hydrogens (tertiary/aromatic N) is 5. The summed E-state index contributed by atoms with van der Waals surface area (Å²) in [6.45, 7) is 13.2. The van der Waals surface area contributed by atoms with E-state index in [0.29, 0.717) is 45.0 Å². The van der Waals surface area contributed by atoms with Crippen molar-refractivity contribution in [3.8, 4) is 0 Å². The maximum atomic E-state index is 14.6. The number of likely N-dealkylation sites (tertiary alicyclic amines) is 2. The van der Waals surface area contributed by atoms with Gasteiger partial charge >= 0.3 is 6.09 Å². The largest absolute Gasteiger partial charge is 0.444 e. The van der Waals surface area contributed by atoms with Crippen LogP contribution in [0.15, 0.2) is 24.3 Å². The minimum atomic E-state index is -0.688. The summed E-state index contributed by atoms with van der Waals surface area (Å²) in [5, 5.41) is 0. The van der Waals surface area contributed by atoms with Crippen LogP contribution < -0.4 is 0 Å². The number of fused-ring (bicyclic) bond motifs is 1. The van der Waals surface area contributed by atoms with Crippen LogP contribution in [0.2, 0.25) is 0 Å². The molecule has 2 atom stereocenters. The van der Waals surface area contributed by atoms with Gasteiger partial charge in [-0.15, -0.1) is 0 Å². The molecule has 0 radical (unpaired) electrons. The van der Waals surface area contributed by atoms with Gasteiger partial charge in [0, 0.05) is 60.1 Å². The molecule has 2 saturated heterocycles. The molecule has 11 nitrogen and oxygen atoms in total. The summed E-state index contributed by atoms with van der Waals surface area (Å²) in [6.07, 6.45) is 3.43. The predicted molar refractivity (Wildman–Crippen MR) is 173 cm³/mol. The van der Waals surface area contributed by atoms with E-state index in [-0.39, 0.29) is 43.0 Å². The summed E-state index contributed by atoms with van der Waals surface area (Å²) in [7, 11) is 3.40. The zero-order chi connectivity index (χ0) is 32.7. The van der Waals surface area contributed by atoms with Gasteiger partial charge < -0.3 is 33.5 Å². The van der Waals surface area contributed by atoms with E-state index in [9.17, 15) is 14.4 Å². The molecule has 2 aliphatic rings. The quantitative estimate of drug-likeness (QED) is 0.329. The van der Waals surface area contributed by atoms with Gasteiger partial charge in [-0.2, -0.15) is 0 Å². The molecule has 0 N–H and O–H groups in total.